The van der Waals surface area contributed by atoms with E-state index in [0.717, 1.165) is 13.0 Å². The molecule has 0 spiro atoms. The van der Waals surface area contributed by atoms with Crippen LogP contribution in [0, 0.1) is 0 Å². The minimum atomic E-state index is -3.35. The largest absolute Gasteiger partial charge is 0.490 e. The molecule has 112 valence electrons. The highest BCUT2D eigenvalue weighted by molar-refractivity contribution is 7.92. The molecular weight excluding hydrogens is 280 g/mol. The SMILES string of the molecule is CCNCCS(=O)(=O)Nc1ccc2c(c1)OCCCO2. The molecule has 0 aromatic heterocycles. The van der Waals surface area contributed by atoms with E-state index in [2.05, 4.69) is 10.0 Å². The second-order valence-corrected chi connectivity index (χ2v) is 6.33. The van der Waals surface area contributed by atoms with Crippen LogP contribution in [-0.4, -0.2) is 40.5 Å². The molecule has 0 radical (unpaired) electrons. The number of anilines is 1. The zero-order valence-electron chi connectivity index (χ0n) is 11.5. The molecule has 0 aliphatic carbocycles. The highest BCUT2D eigenvalue weighted by atomic mass is 32.2. The molecule has 0 unspecified atom stereocenters. The van der Waals surface area contributed by atoms with Crippen molar-refractivity contribution in [3.8, 4) is 11.5 Å². The zero-order chi connectivity index (χ0) is 14.4. The Labute approximate surface area is 119 Å². The van der Waals surface area contributed by atoms with E-state index in [9.17, 15) is 8.42 Å². The third-order valence-electron chi connectivity index (χ3n) is 2.82. The molecule has 20 heavy (non-hydrogen) atoms. The summed E-state index contributed by atoms with van der Waals surface area (Å²) in [7, 11) is -3.35. The normalized spacial score (nSPS) is 14.7. The number of hydrogen-bond donors (Lipinski definition) is 2. The van der Waals surface area contributed by atoms with Gasteiger partial charge in [0.05, 0.1) is 24.7 Å². The maximum Gasteiger partial charge on any atom is 0.233 e. The van der Waals surface area contributed by atoms with Crippen molar-refractivity contribution in [2.45, 2.75) is 13.3 Å². The zero-order valence-corrected chi connectivity index (χ0v) is 12.3. The van der Waals surface area contributed by atoms with Crippen molar-refractivity contribution in [2.24, 2.45) is 0 Å². The van der Waals surface area contributed by atoms with Gasteiger partial charge in [0.2, 0.25) is 10.0 Å². The summed E-state index contributed by atoms with van der Waals surface area (Å²) in [4.78, 5) is 0. The van der Waals surface area contributed by atoms with Crippen LogP contribution < -0.4 is 19.5 Å². The summed E-state index contributed by atoms with van der Waals surface area (Å²) in [5.41, 5.74) is 0.491. The molecule has 1 aliphatic rings. The maximum absolute atomic E-state index is 11.9. The Bertz CT molecular complexity index is 545. The summed E-state index contributed by atoms with van der Waals surface area (Å²) in [5.74, 6) is 1.27. The minimum absolute atomic E-state index is 0.0370. The Hall–Kier alpha value is -1.47. The van der Waals surface area contributed by atoms with E-state index >= 15 is 0 Å². The van der Waals surface area contributed by atoms with E-state index in [1.807, 2.05) is 6.92 Å². The first-order chi connectivity index (χ1) is 9.61. The third-order valence-corrected chi connectivity index (χ3v) is 4.11. The van der Waals surface area contributed by atoms with Crippen molar-refractivity contribution >= 4 is 15.7 Å². The fourth-order valence-corrected chi connectivity index (χ4v) is 2.84. The van der Waals surface area contributed by atoms with Crippen LogP contribution in [0.3, 0.4) is 0 Å². The molecule has 2 N–H and O–H groups in total. The van der Waals surface area contributed by atoms with Gasteiger partial charge < -0.3 is 14.8 Å². The standard InChI is InChI=1S/C13H20N2O4S/c1-2-14-6-9-20(16,17)15-11-4-5-12-13(10-11)19-8-3-7-18-12/h4-5,10,14-15H,2-3,6-9H2,1H3. The highest BCUT2D eigenvalue weighted by Crippen LogP contribution is 2.32. The van der Waals surface area contributed by atoms with Gasteiger partial charge in [-0.15, -0.1) is 0 Å². The van der Waals surface area contributed by atoms with E-state index in [-0.39, 0.29) is 5.75 Å². The fourth-order valence-electron chi connectivity index (χ4n) is 1.84. The number of hydrogen-bond acceptors (Lipinski definition) is 5. The number of fused-ring (bicyclic) bond motifs is 1. The topological polar surface area (TPSA) is 76.7 Å². The maximum atomic E-state index is 11.9. The van der Waals surface area contributed by atoms with Crippen molar-refractivity contribution in [1.29, 1.82) is 0 Å². The van der Waals surface area contributed by atoms with Crippen LogP contribution in [0.15, 0.2) is 18.2 Å². The van der Waals surface area contributed by atoms with Crippen molar-refractivity contribution < 1.29 is 17.9 Å². The summed E-state index contributed by atoms with van der Waals surface area (Å²) in [6.45, 7) is 4.30. The van der Waals surface area contributed by atoms with Gasteiger partial charge >= 0.3 is 0 Å². The lowest BCUT2D eigenvalue weighted by molar-refractivity contribution is 0.297. The van der Waals surface area contributed by atoms with Gasteiger partial charge in [-0.3, -0.25) is 4.72 Å². The molecule has 0 atom stereocenters. The Morgan fingerprint density at radius 1 is 1.20 bits per heavy atom. The number of benzene rings is 1. The molecule has 1 aromatic rings. The molecule has 6 nitrogen and oxygen atoms in total. The van der Waals surface area contributed by atoms with Gasteiger partial charge in [-0.25, -0.2) is 8.42 Å². The molecular formula is C13H20N2O4S. The Morgan fingerprint density at radius 3 is 2.70 bits per heavy atom. The average molecular weight is 300 g/mol. The molecule has 0 fully saturated rings. The van der Waals surface area contributed by atoms with Crippen molar-refractivity contribution in [3.63, 3.8) is 0 Å². The summed E-state index contributed by atoms with van der Waals surface area (Å²) in [6, 6.07) is 5.06. The van der Waals surface area contributed by atoms with Crippen LogP contribution in [0.4, 0.5) is 5.69 Å². The molecule has 2 rings (SSSR count). The smallest absolute Gasteiger partial charge is 0.233 e. The summed E-state index contributed by atoms with van der Waals surface area (Å²) >= 11 is 0. The molecule has 0 bridgehead atoms. The van der Waals surface area contributed by atoms with E-state index in [0.29, 0.717) is 36.9 Å². The van der Waals surface area contributed by atoms with Gasteiger partial charge in [-0.2, -0.15) is 0 Å². The predicted molar refractivity (Wildman–Crippen MR) is 78.0 cm³/mol. The summed E-state index contributed by atoms with van der Waals surface area (Å²) in [6.07, 6.45) is 0.818. The van der Waals surface area contributed by atoms with Crippen LogP contribution in [0.25, 0.3) is 0 Å². The Kier molecular flexibility index (Phi) is 5.08. The van der Waals surface area contributed by atoms with Gasteiger partial charge in [0.1, 0.15) is 0 Å². The average Bonchev–Trinajstić information content (AvgIpc) is 2.63. The summed E-state index contributed by atoms with van der Waals surface area (Å²) < 4.78 is 37.4. The second-order valence-electron chi connectivity index (χ2n) is 4.49. The first-order valence-corrected chi connectivity index (χ1v) is 8.37. The van der Waals surface area contributed by atoms with Crippen LogP contribution in [0.1, 0.15) is 13.3 Å². The van der Waals surface area contributed by atoms with Crippen LogP contribution >= 0.6 is 0 Å². The number of rotatable bonds is 6. The number of nitrogens with one attached hydrogen (secondary N) is 2. The van der Waals surface area contributed by atoms with Crippen LogP contribution in [0.5, 0.6) is 11.5 Å². The molecule has 7 heteroatoms. The fraction of sp³-hybridized carbons (Fsp3) is 0.538. The van der Waals surface area contributed by atoms with Crippen LogP contribution in [-0.2, 0) is 10.0 Å². The molecule has 0 saturated carbocycles. The summed E-state index contributed by atoms with van der Waals surface area (Å²) in [5, 5.41) is 2.98. The number of sulfonamides is 1. The molecule has 0 saturated heterocycles. The van der Waals surface area contributed by atoms with E-state index in [1.165, 1.54) is 0 Å². The van der Waals surface area contributed by atoms with Gasteiger partial charge in [0.25, 0.3) is 0 Å². The Morgan fingerprint density at radius 2 is 1.95 bits per heavy atom. The lowest BCUT2D eigenvalue weighted by atomic mass is 10.3. The lowest BCUT2D eigenvalue weighted by Crippen LogP contribution is -2.26. The second kappa shape index (κ2) is 6.81. The molecule has 1 aliphatic heterocycles. The predicted octanol–water partition coefficient (Wildman–Crippen LogP) is 1.20. The van der Waals surface area contributed by atoms with Gasteiger partial charge in [0, 0.05) is 19.0 Å². The quantitative estimate of drug-likeness (QED) is 0.772. The first-order valence-electron chi connectivity index (χ1n) is 6.71. The van der Waals surface area contributed by atoms with E-state index in [1.54, 1.807) is 18.2 Å². The molecule has 0 amide bonds. The van der Waals surface area contributed by atoms with Crippen molar-refractivity contribution in [3.05, 3.63) is 18.2 Å². The number of ether oxygens (including phenoxy) is 2. The minimum Gasteiger partial charge on any atom is -0.490 e. The van der Waals surface area contributed by atoms with Crippen molar-refractivity contribution in [1.82, 2.24) is 5.32 Å². The van der Waals surface area contributed by atoms with Crippen LogP contribution in [0.2, 0.25) is 0 Å². The first kappa shape index (κ1) is 14.9. The van der Waals surface area contributed by atoms with E-state index in [4.69, 9.17) is 9.47 Å². The third kappa shape index (κ3) is 4.28. The van der Waals surface area contributed by atoms with E-state index < -0.39 is 10.0 Å². The monoisotopic (exact) mass is 300 g/mol. The van der Waals surface area contributed by atoms with Crippen molar-refractivity contribution in [2.75, 3.05) is 36.8 Å². The van der Waals surface area contributed by atoms with Gasteiger partial charge in [-0.1, -0.05) is 6.92 Å². The molecule has 1 heterocycles. The molecule has 1 aromatic carbocycles. The van der Waals surface area contributed by atoms with Gasteiger partial charge in [0.15, 0.2) is 11.5 Å². The Balaban J connectivity index is 2.04. The van der Waals surface area contributed by atoms with Gasteiger partial charge in [-0.05, 0) is 18.7 Å². The highest BCUT2D eigenvalue weighted by Gasteiger charge is 2.14. The lowest BCUT2D eigenvalue weighted by Gasteiger charge is -2.11.